The number of thioether (sulfide) groups is 1. The second-order valence-corrected chi connectivity index (χ2v) is 4.32. The van der Waals surface area contributed by atoms with Crippen molar-refractivity contribution in [2.24, 2.45) is 0 Å². The van der Waals surface area contributed by atoms with E-state index in [1.54, 1.807) is 4.57 Å². The van der Waals surface area contributed by atoms with Gasteiger partial charge in [-0.3, -0.25) is 5.41 Å². The Bertz CT molecular complexity index is 578. The predicted molar refractivity (Wildman–Crippen MR) is 62.6 cm³/mol. The molecule has 17 heavy (non-hydrogen) atoms. The minimum Gasteiger partial charge on any atom is -0.394 e. The molecule has 0 aromatic carbocycles. The molecule has 0 aliphatic carbocycles. The van der Waals surface area contributed by atoms with Crippen LogP contribution in [0.1, 0.15) is 0 Å². The van der Waals surface area contributed by atoms with Crippen LogP contribution in [0.15, 0.2) is 11.5 Å². The molecular formula is C9H13N5O2S. The molecular weight excluding hydrogens is 242 g/mol. The highest BCUT2D eigenvalue weighted by Crippen LogP contribution is 2.14. The highest BCUT2D eigenvalue weighted by Gasteiger charge is 2.11. The van der Waals surface area contributed by atoms with Gasteiger partial charge >= 0.3 is 0 Å². The van der Waals surface area contributed by atoms with E-state index < -0.39 is 6.10 Å². The van der Waals surface area contributed by atoms with Gasteiger partial charge in [-0.1, -0.05) is 11.8 Å². The lowest BCUT2D eigenvalue weighted by atomic mass is 10.3. The number of hydrogen-bond donors (Lipinski definition) is 4. The SMILES string of the molecule is CSc1nc2c([nH]1)c(=N)ncn2CC(O)CO. The van der Waals surface area contributed by atoms with Gasteiger partial charge in [-0.05, 0) is 6.26 Å². The lowest BCUT2D eigenvalue weighted by molar-refractivity contribution is 0.0817. The average Bonchev–Trinajstić information content (AvgIpc) is 2.77. The van der Waals surface area contributed by atoms with E-state index in [0.717, 1.165) is 0 Å². The third-order valence-corrected chi connectivity index (χ3v) is 2.89. The largest absolute Gasteiger partial charge is 0.394 e. The summed E-state index contributed by atoms with van der Waals surface area (Å²) in [5.74, 6) is 0. The highest BCUT2D eigenvalue weighted by atomic mass is 32.2. The second-order valence-electron chi connectivity index (χ2n) is 3.53. The van der Waals surface area contributed by atoms with E-state index in [2.05, 4.69) is 15.0 Å². The molecule has 0 amide bonds. The van der Waals surface area contributed by atoms with E-state index in [9.17, 15) is 5.11 Å². The number of nitrogens with zero attached hydrogens (tertiary/aromatic N) is 3. The van der Waals surface area contributed by atoms with Crippen molar-refractivity contribution in [3.05, 3.63) is 11.8 Å². The predicted octanol–water partition coefficient (Wildman–Crippen LogP) is -0.686. The first-order chi connectivity index (χ1) is 8.15. The van der Waals surface area contributed by atoms with Crippen molar-refractivity contribution >= 4 is 22.9 Å². The van der Waals surface area contributed by atoms with Crippen LogP contribution in [-0.2, 0) is 6.54 Å². The van der Waals surface area contributed by atoms with Gasteiger partial charge in [0.1, 0.15) is 5.52 Å². The van der Waals surface area contributed by atoms with Gasteiger partial charge in [0, 0.05) is 0 Å². The van der Waals surface area contributed by atoms with E-state index in [0.29, 0.717) is 16.3 Å². The first-order valence-electron chi connectivity index (χ1n) is 4.98. The smallest absolute Gasteiger partial charge is 0.173 e. The van der Waals surface area contributed by atoms with Crippen molar-refractivity contribution in [3.63, 3.8) is 0 Å². The first-order valence-corrected chi connectivity index (χ1v) is 6.21. The van der Waals surface area contributed by atoms with Crippen LogP contribution in [0.4, 0.5) is 0 Å². The quantitative estimate of drug-likeness (QED) is 0.541. The average molecular weight is 255 g/mol. The van der Waals surface area contributed by atoms with Crippen LogP contribution in [-0.4, -0.2) is 48.7 Å². The summed E-state index contributed by atoms with van der Waals surface area (Å²) in [4.78, 5) is 11.2. The number of aliphatic hydroxyl groups excluding tert-OH is 2. The Morgan fingerprint density at radius 3 is 3.06 bits per heavy atom. The zero-order chi connectivity index (χ0) is 12.4. The van der Waals surface area contributed by atoms with Gasteiger partial charge < -0.3 is 19.8 Å². The lowest BCUT2D eigenvalue weighted by Crippen LogP contribution is -2.22. The highest BCUT2D eigenvalue weighted by molar-refractivity contribution is 7.98. The van der Waals surface area contributed by atoms with Crippen LogP contribution in [0.5, 0.6) is 0 Å². The summed E-state index contributed by atoms with van der Waals surface area (Å²) in [5, 5.41) is 26.6. The maximum atomic E-state index is 9.42. The summed E-state index contributed by atoms with van der Waals surface area (Å²) < 4.78 is 1.62. The number of H-pyrrole nitrogens is 1. The molecule has 0 fully saturated rings. The van der Waals surface area contributed by atoms with E-state index >= 15 is 0 Å². The van der Waals surface area contributed by atoms with Crippen molar-refractivity contribution in [2.45, 2.75) is 17.8 Å². The number of aromatic amines is 1. The maximum Gasteiger partial charge on any atom is 0.173 e. The van der Waals surface area contributed by atoms with Crippen molar-refractivity contribution < 1.29 is 10.2 Å². The van der Waals surface area contributed by atoms with Crippen LogP contribution >= 0.6 is 11.8 Å². The summed E-state index contributed by atoms with van der Waals surface area (Å²) in [7, 11) is 0. The normalized spacial score (nSPS) is 13.1. The molecule has 0 spiro atoms. The molecule has 2 heterocycles. The Morgan fingerprint density at radius 1 is 1.65 bits per heavy atom. The molecule has 1 atom stereocenters. The number of nitrogens with one attached hydrogen (secondary N) is 2. The fraction of sp³-hybridized carbons (Fsp3) is 0.444. The van der Waals surface area contributed by atoms with E-state index in [1.807, 2.05) is 6.26 Å². The third kappa shape index (κ3) is 2.33. The summed E-state index contributed by atoms with van der Waals surface area (Å²) in [5.41, 5.74) is 1.20. The Balaban J connectivity index is 2.53. The van der Waals surface area contributed by atoms with E-state index in [1.165, 1.54) is 18.1 Å². The molecule has 0 aliphatic heterocycles. The molecule has 2 aromatic heterocycles. The monoisotopic (exact) mass is 255 g/mol. The summed E-state index contributed by atoms with van der Waals surface area (Å²) >= 11 is 1.43. The first kappa shape index (κ1) is 12.1. The standard InChI is InChI=1S/C9H13N5O2S/c1-17-9-12-6-7(10)11-4-14(8(6)13-9)2-5(16)3-15/h4-5,10,15-16H,2-3H2,1H3,(H,12,13). The summed E-state index contributed by atoms with van der Waals surface area (Å²) in [6.45, 7) is -0.129. The number of rotatable bonds is 4. The molecule has 0 bridgehead atoms. The van der Waals surface area contributed by atoms with Crippen molar-refractivity contribution in [2.75, 3.05) is 12.9 Å². The Hall–Kier alpha value is -1.38. The van der Waals surface area contributed by atoms with Crippen LogP contribution in [0, 0.1) is 5.41 Å². The number of imidazole rings is 1. The Kier molecular flexibility index (Phi) is 3.46. The van der Waals surface area contributed by atoms with Crippen molar-refractivity contribution in [3.8, 4) is 0 Å². The zero-order valence-electron chi connectivity index (χ0n) is 9.21. The third-order valence-electron chi connectivity index (χ3n) is 2.31. The molecule has 4 N–H and O–H groups in total. The molecule has 1 unspecified atom stereocenters. The second kappa shape index (κ2) is 4.86. The summed E-state index contributed by atoms with van der Waals surface area (Å²) in [6, 6.07) is 0. The molecule has 0 aliphatic rings. The van der Waals surface area contributed by atoms with Gasteiger partial charge in [0.15, 0.2) is 16.3 Å². The number of fused-ring (bicyclic) bond motifs is 1. The topological polar surface area (TPSA) is 111 Å². The number of aromatic nitrogens is 4. The van der Waals surface area contributed by atoms with Crippen molar-refractivity contribution in [1.29, 1.82) is 5.41 Å². The molecule has 7 nitrogen and oxygen atoms in total. The number of aliphatic hydroxyl groups is 2. The fourth-order valence-corrected chi connectivity index (χ4v) is 1.86. The minimum absolute atomic E-state index is 0.113. The van der Waals surface area contributed by atoms with Gasteiger partial charge in [-0.25, -0.2) is 9.97 Å². The van der Waals surface area contributed by atoms with Gasteiger partial charge in [0.2, 0.25) is 0 Å². The molecule has 2 rings (SSSR count). The van der Waals surface area contributed by atoms with Gasteiger partial charge in [-0.2, -0.15) is 0 Å². The van der Waals surface area contributed by atoms with E-state index in [4.69, 9.17) is 10.5 Å². The Morgan fingerprint density at radius 2 is 2.41 bits per heavy atom. The van der Waals surface area contributed by atoms with Crippen LogP contribution in [0.25, 0.3) is 11.2 Å². The van der Waals surface area contributed by atoms with Crippen LogP contribution < -0.4 is 5.49 Å². The lowest BCUT2D eigenvalue weighted by Gasteiger charge is -2.10. The molecule has 2 aromatic rings. The minimum atomic E-state index is -0.865. The van der Waals surface area contributed by atoms with Gasteiger partial charge in [-0.15, -0.1) is 0 Å². The maximum absolute atomic E-state index is 9.42. The van der Waals surface area contributed by atoms with Gasteiger partial charge in [0.05, 0.1) is 25.6 Å². The molecule has 92 valence electrons. The summed E-state index contributed by atoms with van der Waals surface area (Å²) in [6.07, 6.45) is 2.45. The fourth-order valence-electron chi connectivity index (χ4n) is 1.48. The zero-order valence-corrected chi connectivity index (χ0v) is 10.0. The van der Waals surface area contributed by atoms with Crippen LogP contribution in [0.3, 0.4) is 0 Å². The Labute approximate surface area is 101 Å². The van der Waals surface area contributed by atoms with Crippen LogP contribution in [0.2, 0.25) is 0 Å². The molecule has 8 heteroatoms. The van der Waals surface area contributed by atoms with Gasteiger partial charge in [0.25, 0.3) is 0 Å². The number of hydrogen-bond acceptors (Lipinski definition) is 6. The molecule has 0 radical (unpaired) electrons. The van der Waals surface area contributed by atoms with E-state index in [-0.39, 0.29) is 18.6 Å². The molecule has 0 saturated carbocycles. The molecule has 0 saturated heterocycles. The van der Waals surface area contributed by atoms with Crippen molar-refractivity contribution in [1.82, 2.24) is 19.5 Å².